The summed E-state index contributed by atoms with van der Waals surface area (Å²) in [5.41, 5.74) is 2.11. The van der Waals surface area contributed by atoms with Crippen LogP contribution in [-0.2, 0) is 16.1 Å². The summed E-state index contributed by atoms with van der Waals surface area (Å²) in [6.45, 7) is 0.169. The first-order valence-electron chi connectivity index (χ1n) is 11.0. The molecule has 5 nitrogen and oxygen atoms in total. The van der Waals surface area contributed by atoms with Gasteiger partial charge in [-0.3, -0.25) is 9.59 Å². The normalized spacial score (nSPS) is 17.3. The zero-order valence-electron chi connectivity index (χ0n) is 18.6. The van der Waals surface area contributed by atoms with Gasteiger partial charge in [0.15, 0.2) is 0 Å². The molecule has 1 amide bonds. The van der Waals surface area contributed by atoms with Crippen LogP contribution >= 0.6 is 0 Å². The van der Waals surface area contributed by atoms with Crippen molar-refractivity contribution in [2.24, 2.45) is 0 Å². The van der Waals surface area contributed by atoms with Crippen molar-refractivity contribution in [3.05, 3.63) is 119 Å². The smallest absolute Gasteiger partial charge is 0.295 e. The van der Waals surface area contributed by atoms with E-state index in [1.54, 1.807) is 13.2 Å². The molecule has 1 fully saturated rings. The number of rotatable bonds is 5. The Labute approximate surface area is 197 Å². The van der Waals surface area contributed by atoms with Crippen molar-refractivity contribution in [1.29, 1.82) is 0 Å². The predicted octanol–water partition coefficient (Wildman–Crippen LogP) is 5.47. The van der Waals surface area contributed by atoms with Crippen LogP contribution in [0.4, 0.5) is 0 Å². The third-order valence-corrected chi connectivity index (χ3v) is 6.21. The van der Waals surface area contributed by atoms with E-state index in [-0.39, 0.29) is 17.9 Å². The minimum absolute atomic E-state index is 0.0846. The summed E-state index contributed by atoms with van der Waals surface area (Å²) >= 11 is 0. The minimum atomic E-state index is -0.724. The molecule has 1 heterocycles. The lowest BCUT2D eigenvalue weighted by atomic mass is 9.94. The number of amides is 1. The number of hydrogen-bond donors (Lipinski definition) is 1. The third kappa shape index (κ3) is 3.71. The predicted molar refractivity (Wildman–Crippen MR) is 131 cm³/mol. The van der Waals surface area contributed by atoms with Gasteiger partial charge in [-0.15, -0.1) is 0 Å². The van der Waals surface area contributed by atoms with E-state index in [0.717, 1.165) is 21.9 Å². The number of benzene rings is 4. The molecule has 1 aliphatic rings. The van der Waals surface area contributed by atoms with Crippen molar-refractivity contribution in [3.8, 4) is 5.75 Å². The number of ketones is 1. The first kappa shape index (κ1) is 21.5. The van der Waals surface area contributed by atoms with Crippen LogP contribution in [0.2, 0.25) is 0 Å². The summed E-state index contributed by atoms with van der Waals surface area (Å²) in [5.74, 6) is -0.900. The first-order chi connectivity index (χ1) is 16.6. The molecule has 1 saturated heterocycles. The zero-order valence-corrected chi connectivity index (χ0v) is 18.6. The van der Waals surface area contributed by atoms with E-state index in [1.807, 2.05) is 91.0 Å². The fourth-order valence-electron chi connectivity index (χ4n) is 4.53. The lowest BCUT2D eigenvalue weighted by Gasteiger charge is -2.26. The molecule has 0 aromatic heterocycles. The first-order valence-corrected chi connectivity index (χ1v) is 11.0. The fraction of sp³-hybridized carbons (Fsp3) is 0.103. The Morgan fingerprint density at radius 1 is 0.853 bits per heavy atom. The minimum Gasteiger partial charge on any atom is -0.507 e. The van der Waals surface area contributed by atoms with E-state index in [2.05, 4.69) is 0 Å². The Balaban J connectivity index is 1.66. The molecule has 34 heavy (non-hydrogen) atoms. The van der Waals surface area contributed by atoms with Crippen LogP contribution in [0.5, 0.6) is 5.75 Å². The van der Waals surface area contributed by atoms with Gasteiger partial charge in [0, 0.05) is 11.1 Å². The zero-order chi connectivity index (χ0) is 23.7. The summed E-state index contributed by atoms with van der Waals surface area (Å²) in [5, 5.41) is 13.3. The maximum atomic E-state index is 13.3. The number of carbonyl (C=O) groups excluding carboxylic acids is 2. The van der Waals surface area contributed by atoms with Gasteiger partial charge in [0.05, 0.1) is 25.3 Å². The number of para-hydroxylation sites is 1. The molecule has 4 aromatic rings. The lowest BCUT2D eigenvalue weighted by Crippen LogP contribution is -2.29. The largest absolute Gasteiger partial charge is 0.507 e. The van der Waals surface area contributed by atoms with Crippen LogP contribution < -0.4 is 4.74 Å². The number of carbonyl (C=O) groups is 2. The van der Waals surface area contributed by atoms with Crippen LogP contribution in [-0.4, -0.2) is 28.8 Å². The molecule has 0 saturated carbocycles. The van der Waals surface area contributed by atoms with Gasteiger partial charge in [-0.1, -0.05) is 84.9 Å². The topological polar surface area (TPSA) is 66.8 Å². The number of methoxy groups -OCH3 is 1. The monoisotopic (exact) mass is 449 g/mol. The summed E-state index contributed by atoms with van der Waals surface area (Å²) in [6, 6.07) is 29.3. The third-order valence-electron chi connectivity index (χ3n) is 6.21. The quantitative estimate of drug-likeness (QED) is 0.249. The van der Waals surface area contributed by atoms with Gasteiger partial charge in [-0.2, -0.15) is 0 Å². The fourth-order valence-corrected chi connectivity index (χ4v) is 4.53. The number of ether oxygens (including phenoxy) is 1. The summed E-state index contributed by atoms with van der Waals surface area (Å²) in [4.78, 5) is 28.0. The van der Waals surface area contributed by atoms with E-state index < -0.39 is 17.7 Å². The number of Topliss-reactive ketones (excluding diaryl/α,β-unsaturated/α-hetero) is 1. The van der Waals surface area contributed by atoms with Crippen LogP contribution in [0, 0.1) is 0 Å². The number of aliphatic hydroxyl groups is 1. The van der Waals surface area contributed by atoms with Gasteiger partial charge in [0.1, 0.15) is 11.5 Å². The summed E-state index contributed by atoms with van der Waals surface area (Å²) in [7, 11) is 1.57. The van der Waals surface area contributed by atoms with Crippen LogP contribution in [0.25, 0.3) is 16.5 Å². The van der Waals surface area contributed by atoms with Gasteiger partial charge in [0.2, 0.25) is 0 Å². The van der Waals surface area contributed by atoms with Gasteiger partial charge in [-0.25, -0.2) is 0 Å². The summed E-state index contributed by atoms with van der Waals surface area (Å²) < 4.78 is 5.46. The molecule has 1 aliphatic heterocycles. The van der Waals surface area contributed by atoms with Crippen molar-refractivity contribution in [3.63, 3.8) is 0 Å². The van der Waals surface area contributed by atoms with E-state index in [1.165, 1.54) is 4.90 Å². The molecule has 168 valence electrons. The molecular formula is C29H23NO4. The SMILES string of the molecule is COc1ccccc1CN1C(=O)C(=O)/C(=C(\O)c2ccc3ccccc3c2)C1c1ccccc1. The highest BCUT2D eigenvalue weighted by molar-refractivity contribution is 6.46. The maximum absolute atomic E-state index is 13.3. The standard InChI is InChI=1S/C29H23NO4/c1-34-24-14-8-7-13-23(24)18-30-26(20-10-3-2-4-11-20)25(28(32)29(30)33)27(31)22-16-15-19-9-5-6-12-21(19)17-22/h2-17,26,31H,18H2,1H3/b27-25-. The Morgan fingerprint density at radius 2 is 1.53 bits per heavy atom. The van der Waals surface area contributed by atoms with E-state index in [4.69, 9.17) is 4.74 Å². The van der Waals surface area contributed by atoms with E-state index in [0.29, 0.717) is 11.3 Å². The molecule has 1 unspecified atom stereocenters. The summed E-state index contributed by atoms with van der Waals surface area (Å²) in [6.07, 6.45) is 0. The second kappa shape index (κ2) is 8.87. The van der Waals surface area contributed by atoms with Gasteiger partial charge in [-0.05, 0) is 28.5 Å². The van der Waals surface area contributed by atoms with E-state index >= 15 is 0 Å². The van der Waals surface area contributed by atoms with Gasteiger partial charge in [0.25, 0.3) is 11.7 Å². The van der Waals surface area contributed by atoms with Crippen LogP contribution in [0.15, 0.2) is 103 Å². The number of aliphatic hydroxyl groups excluding tert-OH is 1. The molecule has 0 aliphatic carbocycles. The maximum Gasteiger partial charge on any atom is 0.295 e. The number of hydrogen-bond acceptors (Lipinski definition) is 4. The number of fused-ring (bicyclic) bond motifs is 1. The van der Waals surface area contributed by atoms with Crippen LogP contribution in [0.3, 0.4) is 0 Å². The van der Waals surface area contributed by atoms with Crippen LogP contribution in [0.1, 0.15) is 22.7 Å². The molecule has 4 aromatic carbocycles. The second-order valence-electron chi connectivity index (χ2n) is 8.21. The highest BCUT2D eigenvalue weighted by Crippen LogP contribution is 2.41. The van der Waals surface area contributed by atoms with Gasteiger partial charge < -0.3 is 14.7 Å². The van der Waals surface area contributed by atoms with Crippen molar-refractivity contribution in [2.45, 2.75) is 12.6 Å². The molecule has 5 rings (SSSR count). The van der Waals surface area contributed by atoms with Crippen molar-refractivity contribution >= 4 is 28.2 Å². The van der Waals surface area contributed by atoms with Gasteiger partial charge >= 0.3 is 0 Å². The number of nitrogens with zero attached hydrogens (tertiary/aromatic N) is 1. The number of likely N-dealkylation sites (tertiary alicyclic amines) is 1. The van der Waals surface area contributed by atoms with Crippen molar-refractivity contribution in [2.75, 3.05) is 7.11 Å². The Bertz CT molecular complexity index is 1420. The molecule has 0 radical (unpaired) electrons. The Hall–Kier alpha value is -4.38. The molecule has 0 spiro atoms. The Morgan fingerprint density at radius 3 is 2.29 bits per heavy atom. The van der Waals surface area contributed by atoms with Crippen molar-refractivity contribution in [1.82, 2.24) is 4.90 Å². The van der Waals surface area contributed by atoms with E-state index in [9.17, 15) is 14.7 Å². The lowest BCUT2D eigenvalue weighted by molar-refractivity contribution is -0.140. The Kier molecular flexibility index (Phi) is 5.60. The average molecular weight is 450 g/mol. The molecular weight excluding hydrogens is 426 g/mol. The average Bonchev–Trinajstić information content (AvgIpc) is 3.13. The molecule has 5 heteroatoms. The molecule has 1 N–H and O–H groups in total. The highest BCUT2D eigenvalue weighted by atomic mass is 16.5. The molecule has 1 atom stereocenters. The van der Waals surface area contributed by atoms with Crippen molar-refractivity contribution < 1.29 is 19.4 Å². The highest BCUT2D eigenvalue weighted by Gasteiger charge is 2.46. The second-order valence-corrected chi connectivity index (χ2v) is 8.21. The molecule has 0 bridgehead atoms.